The summed E-state index contributed by atoms with van der Waals surface area (Å²) in [5, 5.41) is 7.14. The van der Waals surface area contributed by atoms with E-state index in [0.717, 1.165) is 5.56 Å². The number of ether oxygens (including phenoxy) is 1. The van der Waals surface area contributed by atoms with Crippen LogP contribution in [0.25, 0.3) is 17.0 Å². The fraction of sp³-hybridized carbons (Fsp3) is 0.115. The first kappa shape index (κ1) is 21.4. The summed E-state index contributed by atoms with van der Waals surface area (Å²) in [7, 11) is 1.40. The number of carbonyl (C=O) groups is 1. The van der Waals surface area contributed by atoms with Gasteiger partial charge in [0, 0.05) is 11.3 Å². The molecule has 1 atom stereocenters. The van der Waals surface area contributed by atoms with Crippen LogP contribution in [0.3, 0.4) is 0 Å². The van der Waals surface area contributed by atoms with Crippen LogP contribution in [-0.2, 0) is 0 Å². The number of benzene rings is 3. The van der Waals surface area contributed by atoms with E-state index in [2.05, 4.69) is 15.5 Å². The summed E-state index contributed by atoms with van der Waals surface area (Å²) in [6.07, 6.45) is 0. The van der Waals surface area contributed by atoms with E-state index in [0.29, 0.717) is 22.5 Å². The Bertz CT molecular complexity index is 1370. The Kier molecular flexibility index (Phi) is 5.55. The second-order valence-corrected chi connectivity index (χ2v) is 7.74. The zero-order chi connectivity index (χ0) is 23.7. The number of aromatic nitrogens is 2. The lowest BCUT2D eigenvalue weighted by atomic mass is 9.94. The molecule has 7 nitrogen and oxygen atoms in total. The average molecular weight is 456 g/mol. The second-order valence-electron chi connectivity index (χ2n) is 7.74. The number of hydrogen-bond donors (Lipinski definition) is 1. The van der Waals surface area contributed by atoms with Crippen molar-refractivity contribution in [2.45, 2.75) is 13.0 Å². The highest BCUT2D eigenvalue weighted by atomic mass is 19.1. The fourth-order valence-corrected chi connectivity index (χ4v) is 4.06. The zero-order valence-electron chi connectivity index (χ0n) is 18.5. The molecule has 0 fully saturated rings. The summed E-state index contributed by atoms with van der Waals surface area (Å²) >= 11 is 0. The summed E-state index contributed by atoms with van der Waals surface area (Å²) in [5.74, 6) is 0.0677. The molecule has 1 N–H and O–H groups in total. The summed E-state index contributed by atoms with van der Waals surface area (Å²) in [4.78, 5) is 19.3. The molecule has 0 aliphatic carbocycles. The van der Waals surface area contributed by atoms with E-state index >= 15 is 0 Å². The van der Waals surface area contributed by atoms with Crippen molar-refractivity contribution in [3.63, 3.8) is 0 Å². The standard InChI is InChI=1S/C26H21FN4O3/c1-16-22(25-29-24(30-34-25)18-13-14-21(33-2)20(27)15-18)23(17-9-5-3-6-10-17)28-26(32)31(16)19-11-7-4-8-12-19/h3-15,23H,1-2H3,(H,28,32). The normalized spacial score (nSPS) is 15.9. The van der Waals surface area contributed by atoms with Gasteiger partial charge in [-0.1, -0.05) is 53.7 Å². The molecule has 2 amide bonds. The van der Waals surface area contributed by atoms with Gasteiger partial charge in [-0.15, -0.1) is 0 Å². The van der Waals surface area contributed by atoms with Gasteiger partial charge in [-0.2, -0.15) is 4.98 Å². The van der Waals surface area contributed by atoms with Crippen LogP contribution in [-0.4, -0.2) is 23.3 Å². The first-order valence-corrected chi connectivity index (χ1v) is 10.7. The Balaban J connectivity index is 1.63. The number of hydrogen-bond acceptors (Lipinski definition) is 5. The van der Waals surface area contributed by atoms with E-state index in [1.54, 1.807) is 11.0 Å². The van der Waals surface area contributed by atoms with Gasteiger partial charge in [0.1, 0.15) is 0 Å². The van der Waals surface area contributed by atoms with Crippen LogP contribution in [0.1, 0.15) is 24.4 Å². The van der Waals surface area contributed by atoms with Gasteiger partial charge in [0.05, 0.1) is 24.4 Å². The molecule has 34 heavy (non-hydrogen) atoms. The lowest BCUT2D eigenvalue weighted by molar-refractivity contribution is 0.244. The Labute approximate surface area is 195 Å². The lowest BCUT2D eigenvalue weighted by Gasteiger charge is -2.35. The van der Waals surface area contributed by atoms with E-state index in [1.165, 1.54) is 19.2 Å². The van der Waals surface area contributed by atoms with E-state index in [1.807, 2.05) is 67.6 Å². The monoisotopic (exact) mass is 456 g/mol. The second kappa shape index (κ2) is 8.82. The third-order valence-corrected chi connectivity index (χ3v) is 5.70. The molecular formula is C26H21FN4O3. The van der Waals surface area contributed by atoms with Crippen molar-refractivity contribution in [3.8, 4) is 17.1 Å². The number of para-hydroxylation sites is 1. The number of methoxy groups -OCH3 is 1. The van der Waals surface area contributed by atoms with Crippen molar-refractivity contribution in [3.05, 3.63) is 102 Å². The number of allylic oxidation sites excluding steroid dienone is 1. The third-order valence-electron chi connectivity index (χ3n) is 5.70. The highest BCUT2D eigenvalue weighted by Gasteiger charge is 2.36. The van der Waals surface area contributed by atoms with Crippen molar-refractivity contribution in [2.24, 2.45) is 0 Å². The minimum atomic E-state index is -0.524. The van der Waals surface area contributed by atoms with Crippen molar-refractivity contribution in [1.82, 2.24) is 15.5 Å². The molecule has 1 aliphatic rings. The molecule has 1 unspecified atom stereocenters. The lowest BCUT2D eigenvalue weighted by Crippen LogP contribution is -2.46. The van der Waals surface area contributed by atoms with Crippen LogP contribution >= 0.6 is 0 Å². The van der Waals surface area contributed by atoms with Crippen molar-refractivity contribution in [2.75, 3.05) is 12.0 Å². The van der Waals surface area contributed by atoms with Gasteiger partial charge < -0.3 is 14.6 Å². The minimum Gasteiger partial charge on any atom is -0.494 e. The number of halogens is 1. The summed E-state index contributed by atoms with van der Waals surface area (Å²) in [5.41, 5.74) is 3.33. The maximum absolute atomic E-state index is 14.3. The molecule has 8 heteroatoms. The van der Waals surface area contributed by atoms with Gasteiger partial charge >= 0.3 is 6.03 Å². The largest absolute Gasteiger partial charge is 0.494 e. The van der Waals surface area contributed by atoms with Gasteiger partial charge in [0.2, 0.25) is 5.82 Å². The maximum atomic E-state index is 14.3. The average Bonchev–Trinajstić information content (AvgIpc) is 3.34. The Hall–Kier alpha value is -4.46. The molecule has 0 bridgehead atoms. The molecule has 0 radical (unpaired) electrons. The highest BCUT2D eigenvalue weighted by Crippen LogP contribution is 2.39. The number of amides is 2. The van der Waals surface area contributed by atoms with Crippen LogP contribution in [0.4, 0.5) is 14.9 Å². The van der Waals surface area contributed by atoms with Gasteiger partial charge in [-0.05, 0) is 42.8 Å². The van der Waals surface area contributed by atoms with Gasteiger partial charge in [0.25, 0.3) is 5.89 Å². The van der Waals surface area contributed by atoms with Crippen molar-refractivity contribution in [1.29, 1.82) is 0 Å². The third kappa shape index (κ3) is 3.79. The fourth-order valence-electron chi connectivity index (χ4n) is 4.06. The summed E-state index contributed by atoms with van der Waals surface area (Å²) in [6.45, 7) is 1.84. The first-order valence-electron chi connectivity index (χ1n) is 10.7. The van der Waals surface area contributed by atoms with E-state index in [-0.39, 0.29) is 23.5 Å². The number of rotatable bonds is 5. The Morgan fingerprint density at radius 3 is 2.41 bits per heavy atom. The van der Waals surface area contributed by atoms with E-state index in [9.17, 15) is 9.18 Å². The molecular weight excluding hydrogens is 435 g/mol. The van der Waals surface area contributed by atoms with Gasteiger partial charge in [-0.25, -0.2) is 9.18 Å². The predicted molar refractivity (Wildman–Crippen MR) is 125 cm³/mol. The molecule has 0 saturated carbocycles. The summed E-state index contributed by atoms with van der Waals surface area (Å²) < 4.78 is 24.9. The number of nitrogens with zero attached hydrogens (tertiary/aromatic N) is 3. The quantitative estimate of drug-likeness (QED) is 0.424. The number of carbonyl (C=O) groups excluding carboxylic acids is 1. The first-order chi connectivity index (χ1) is 16.6. The maximum Gasteiger partial charge on any atom is 0.326 e. The number of urea groups is 1. The topological polar surface area (TPSA) is 80.5 Å². The van der Waals surface area contributed by atoms with Crippen molar-refractivity contribution < 1.29 is 18.4 Å². The SMILES string of the molecule is COc1ccc(-c2noc(C3=C(C)N(c4ccccc4)C(=O)NC3c3ccccc3)n2)cc1F. The predicted octanol–water partition coefficient (Wildman–Crippen LogP) is 5.59. The molecule has 5 rings (SSSR count). The zero-order valence-corrected chi connectivity index (χ0v) is 18.5. The number of nitrogens with one attached hydrogen (secondary N) is 1. The van der Waals surface area contributed by atoms with Crippen LogP contribution < -0.4 is 15.0 Å². The number of anilines is 1. The Morgan fingerprint density at radius 2 is 1.74 bits per heavy atom. The van der Waals surface area contributed by atoms with Crippen LogP contribution in [0.15, 0.2) is 89.1 Å². The minimum absolute atomic E-state index is 0.128. The van der Waals surface area contributed by atoms with Crippen LogP contribution in [0, 0.1) is 5.82 Å². The molecule has 1 aromatic heterocycles. The molecule has 0 spiro atoms. The smallest absolute Gasteiger partial charge is 0.326 e. The highest BCUT2D eigenvalue weighted by molar-refractivity contribution is 6.01. The molecule has 0 saturated heterocycles. The van der Waals surface area contributed by atoms with E-state index < -0.39 is 11.9 Å². The molecule has 4 aromatic rings. The Morgan fingerprint density at radius 1 is 1.03 bits per heavy atom. The molecule has 2 heterocycles. The molecule has 1 aliphatic heterocycles. The molecule has 3 aromatic carbocycles. The van der Waals surface area contributed by atoms with Gasteiger partial charge in [-0.3, -0.25) is 4.90 Å². The van der Waals surface area contributed by atoms with Crippen LogP contribution in [0.5, 0.6) is 5.75 Å². The van der Waals surface area contributed by atoms with E-state index in [4.69, 9.17) is 9.26 Å². The van der Waals surface area contributed by atoms with Gasteiger partial charge in [0.15, 0.2) is 11.6 Å². The molecule has 170 valence electrons. The summed E-state index contributed by atoms with van der Waals surface area (Å²) in [6, 6.07) is 22.6. The van der Waals surface area contributed by atoms with Crippen LogP contribution in [0.2, 0.25) is 0 Å². The van der Waals surface area contributed by atoms with Crippen molar-refractivity contribution >= 4 is 17.3 Å².